The van der Waals surface area contributed by atoms with Gasteiger partial charge in [-0.3, -0.25) is 4.79 Å². The third kappa shape index (κ3) is 3.39. The lowest BCUT2D eigenvalue weighted by molar-refractivity contribution is -0.130. The van der Waals surface area contributed by atoms with Crippen LogP contribution in [0.5, 0.6) is 0 Å². The van der Waals surface area contributed by atoms with Gasteiger partial charge in [-0.1, -0.05) is 13.0 Å². The van der Waals surface area contributed by atoms with Gasteiger partial charge in [0, 0.05) is 25.4 Å². The first-order chi connectivity index (χ1) is 6.24. The molecule has 0 saturated carbocycles. The summed E-state index contributed by atoms with van der Waals surface area (Å²) in [5.74, 6) is 0.702. The molecule has 0 radical (unpaired) electrons. The number of likely N-dealkylation sites (tertiary alicyclic amines) is 1. The lowest BCUT2D eigenvalue weighted by atomic mass is 10.2. The summed E-state index contributed by atoms with van der Waals surface area (Å²) >= 11 is 5.62. The van der Waals surface area contributed by atoms with Crippen molar-refractivity contribution < 1.29 is 4.79 Å². The Bertz CT molecular complexity index is 203. The summed E-state index contributed by atoms with van der Waals surface area (Å²) in [5, 5.41) is 0. The third-order valence-corrected chi connectivity index (χ3v) is 2.65. The summed E-state index contributed by atoms with van der Waals surface area (Å²) in [5.41, 5.74) is 0.928. The maximum atomic E-state index is 11.5. The first-order valence-corrected chi connectivity index (χ1v) is 5.28. The maximum absolute atomic E-state index is 11.5. The fraction of sp³-hybridized carbons (Fsp3) is 0.700. The zero-order valence-electron chi connectivity index (χ0n) is 7.89. The van der Waals surface area contributed by atoms with E-state index >= 15 is 0 Å². The number of nitrogens with zero attached hydrogens (tertiary/aromatic N) is 1. The second-order valence-electron chi connectivity index (χ2n) is 3.51. The molecule has 0 atom stereocenters. The normalized spacial score (nSPS) is 18.5. The van der Waals surface area contributed by atoms with Crippen molar-refractivity contribution in [3.63, 3.8) is 0 Å². The van der Waals surface area contributed by atoms with Gasteiger partial charge in [0.05, 0.1) is 0 Å². The van der Waals surface area contributed by atoms with Gasteiger partial charge in [0.2, 0.25) is 5.91 Å². The minimum atomic E-state index is 0.253. The molecule has 0 unspecified atom stereocenters. The summed E-state index contributed by atoms with van der Waals surface area (Å²) in [6.07, 6.45) is 4.00. The molecule has 0 spiro atoms. The lowest BCUT2D eigenvalue weighted by Gasteiger charge is -2.20. The van der Waals surface area contributed by atoms with Crippen molar-refractivity contribution in [3.8, 4) is 0 Å². The zero-order valence-corrected chi connectivity index (χ0v) is 8.65. The average Bonchev–Trinajstić information content (AvgIpc) is 2.32. The molecule has 0 bridgehead atoms. The van der Waals surface area contributed by atoms with Crippen LogP contribution in [0.25, 0.3) is 0 Å². The molecule has 1 aliphatic heterocycles. The van der Waals surface area contributed by atoms with E-state index in [1.807, 2.05) is 4.90 Å². The molecule has 74 valence electrons. The van der Waals surface area contributed by atoms with Crippen LogP contribution in [-0.2, 0) is 4.79 Å². The topological polar surface area (TPSA) is 20.3 Å². The van der Waals surface area contributed by atoms with Crippen LogP contribution >= 0.6 is 11.6 Å². The van der Waals surface area contributed by atoms with Crippen LogP contribution in [0.1, 0.15) is 25.7 Å². The third-order valence-electron chi connectivity index (χ3n) is 2.27. The van der Waals surface area contributed by atoms with Gasteiger partial charge in [-0.05, 0) is 18.4 Å². The first-order valence-electron chi connectivity index (χ1n) is 4.74. The van der Waals surface area contributed by atoms with Crippen molar-refractivity contribution in [1.29, 1.82) is 0 Å². The second kappa shape index (κ2) is 5.28. The highest BCUT2D eigenvalue weighted by Gasteiger charge is 2.16. The van der Waals surface area contributed by atoms with E-state index in [9.17, 15) is 4.79 Å². The molecule has 1 amide bonds. The Kier molecular flexibility index (Phi) is 4.29. The fourth-order valence-corrected chi connectivity index (χ4v) is 1.60. The van der Waals surface area contributed by atoms with Gasteiger partial charge in [0.15, 0.2) is 0 Å². The van der Waals surface area contributed by atoms with Crippen molar-refractivity contribution in [3.05, 3.63) is 12.2 Å². The Morgan fingerprint density at radius 1 is 1.46 bits per heavy atom. The number of hydrogen-bond donors (Lipinski definition) is 0. The zero-order chi connectivity index (χ0) is 9.68. The van der Waals surface area contributed by atoms with Crippen LogP contribution in [0, 0.1) is 0 Å². The molecule has 13 heavy (non-hydrogen) atoms. The Balaban J connectivity index is 2.45. The highest BCUT2D eigenvalue weighted by atomic mass is 35.5. The van der Waals surface area contributed by atoms with E-state index in [0.717, 1.165) is 31.4 Å². The van der Waals surface area contributed by atoms with Gasteiger partial charge in [0.1, 0.15) is 0 Å². The highest BCUT2D eigenvalue weighted by Crippen LogP contribution is 2.12. The smallest absolute Gasteiger partial charge is 0.222 e. The second-order valence-corrected chi connectivity index (χ2v) is 3.78. The molecule has 0 aromatic carbocycles. The van der Waals surface area contributed by atoms with Crippen molar-refractivity contribution in [2.75, 3.05) is 19.0 Å². The van der Waals surface area contributed by atoms with Crippen LogP contribution in [0.2, 0.25) is 0 Å². The predicted octanol–water partition coefficient (Wildman–Crippen LogP) is 2.18. The van der Waals surface area contributed by atoms with Gasteiger partial charge in [0.25, 0.3) is 0 Å². The summed E-state index contributed by atoms with van der Waals surface area (Å²) in [7, 11) is 0. The SMILES string of the molecule is C=C(CCl)CN1CCCCCC1=O. The Hall–Kier alpha value is -0.500. The van der Waals surface area contributed by atoms with Crippen LogP contribution in [-0.4, -0.2) is 29.8 Å². The van der Waals surface area contributed by atoms with Crippen LogP contribution in [0.3, 0.4) is 0 Å². The van der Waals surface area contributed by atoms with E-state index in [2.05, 4.69) is 6.58 Å². The fourth-order valence-electron chi connectivity index (χ4n) is 1.52. The number of carbonyl (C=O) groups excluding carboxylic acids is 1. The van der Waals surface area contributed by atoms with E-state index in [4.69, 9.17) is 11.6 Å². The highest BCUT2D eigenvalue weighted by molar-refractivity contribution is 6.19. The first kappa shape index (κ1) is 10.6. The van der Waals surface area contributed by atoms with Gasteiger partial charge >= 0.3 is 0 Å². The molecule has 0 aliphatic carbocycles. The largest absolute Gasteiger partial charge is 0.339 e. The lowest BCUT2D eigenvalue weighted by Crippen LogP contribution is -2.32. The maximum Gasteiger partial charge on any atom is 0.222 e. The van der Waals surface area contributed by atoms with E-state index in [0.29, 0.717) is 18.8 Å². The molecule has 1 fully saturated rings. The van der Waals surface area contributed by atoms with Gasteiger partial charge in [-0.15, -0.1) is 11.6 Å². The molecule has 0 N–H and O–H groups in total. The summed E-state index contributed by atoms with van der Waals surface area (Å²) < 4.78 is 0. The van der Waals surface area contributed by atoms with E-state index in [-0.39, 0.29) is 5.91 Å². The van der Waals surface area contributed by atoms with Crippen LogP contribution < -0.4 is 0 Å². The van der Waals surface area contributed by atoms with Crippen LogP contribution in [0.15, 0.2) is 12.2 Å². The van der Waals surface area contributed by atoms with Crippen molar-refractivity contribution in [1.82, 2.24) is 4.90 Å². The molecule has 1 aliphatic rings. The van der Waals surface area contributed by atoms with Crippen molar-refractivity contribution >= 4 is 17.5 Å². The minimum absolute atomic E-state index is 0.253. The van der Waals surface area contributed by atoms with Crippen molar-refractivity contribution in [2.24, 2.45) is 0 Å². The Morgan fingerprint density at radius 2 is 2.23 bits per heavy atom. The van der Waals surface area contributed by atoms with Gasteiger partial charge in [-0.2, -0.15) is 0 Å². The Labute approximate surface area is 84.6 Å². The quantitative estimate of drug-likeness (QED) is 0.507. The molecular formula is C10H16ClNO. The molecule has 0 aromatic heterocycles. The van der Waals surface area contributed by atoms with E-state index in [1.54, 1.807) is 0 Å². The molecule has 2 nitrogen and oxygen atoms in total. The monoisotopic (exact) mass is 201 g/mol. The molecule has 1 rings (SSSR count). The number of carbonyl (C=O) groups is 1. The molecule has 0 aromatic rings. The standard InChI is InChI=1S/C10H16ClNO/c1-9(7-11)8-12-6-4-2-3-5-10(12)13/h1-8H2. The average molecular weight is 202 g/mol. The van der Waals surface area contributed by atoms with E-state index < -0.39 is 0 Å². The van der Waals surface area contributed by atoms with E-state index in [1.165, 1.54) is 0 Å². The molecule has 1 saturated heterocycles. The molecule has 3 heteroatoms. The van der Waals surface area contributed by atoms with Gasteiger partial charge in [-0.25, -0.2) is 0 Å². The summed E-state index contributed by atoms with van der Waals surface area (Å²) in [6.45, 7) is 5.32. The number of halogens is 1. The Morgan fingerprint density at radius 3 is 2.92 bits per heavy atom. The van der Waals surface area contributed by atoms with Gasteiger partial charge < -0.3 is 4.90 Å². The minimum Gasteiger partial charge on any atom is -0.339 e. The summed E-state index contributed by atoms with van der Waals surface area (Å²) in [6, 6.07) is 0. The number of amides is 1. The molecule has 1 heterocycles. The number of rotatable bonds is 3. The predicted molar refractivity (Wildman–Crippen MR) is 54.9 cm³/mol. The summed E-state index contributed by atoms with van der Waals surface area (Å²) in [4.78, 5) is 13.4. The number of alkyl halides is 1. The number of hydrogen-bond acceptors (Lipinski definition) is 1. The molecular weight excluding hydrogens is 186 g/mol. The van der Waals surface area contributed by atoms with Crippen LogP contribution in [0.4, 0.5) is 0 Å². The van der Waals surface area contributed by atoms with Crippen molar-refractivity contribution in [2.45, 2.75) is 25.7 Å².